The van der Waals surface area contributed by atoms with E-state index in [0.717, 1.165) is 12.0 Å². The second kappa shape index (κ2) is 6.52. The Hall–Kier alpha value is -2.93. The monoisotopic (exact) mass is 338 g/mol. The van der Waals surface area contributed by atoms with E-state index in [2.05, 4.69) is 15.3 Å². The van der Waals surface area contributed by atoms with Gasteiger partial charge in [-0.15, -0.1) is 5.10 Å². The number of carbonyl (C=O) groups excluding carboxylic acids is 1. The number of hydrogen-bond acceptors (Lipinski definition) is 5. The van der Waals surface area contributed by atoms with Crippen LogP contribution in [0.3, 0.4) is 0 Å². The van der Waals surface area contributed by atoms with Gasteiger partial charge >= 0.3 is 0 Å². The maximum atomic E-state index is 13.2. The van der Waals surface area contributed by atoms with Crippen molar-refractivity contribution in [1.29, 1.82) is 0 Å². The van der Waals surface area contributed by atoms with E-state index < -0.39 is 6.10 Å². The predicted molar refractivity (Wildman–Crippen MR) is 88.2 cm³/mol. The largest absolute Gasteiger partial charge is 0.368 e. The summed E-state index contributed by atoms with van der Waals surface area (Å²) < 4.78 is 20.0. The molecule has 0 bridgehead atoms. The molecule has 4 rings (SSSR count). The van der Waals surface area contributed by atoms with Gasteiger partial charge in [0.05, 0.1) is 0 Å². The molecule has 0 N–H and O–H groups in total. The molecule has 1 aromatic carbocycles. The molecule has 0 spiro atoms. The summed E-state index contributed by atoms with van der Waals surface area (Å²) in [5, 5.41) is 8.24. The molecule has 2 aromatic heterocycles. The first-order chi connectivity index (χ1) is 12.2. The third-order valence-corrected chi connectivity index (χ3v) is 4.16. The number of benzene rings is 1. The zero-order valence-electron chi connectivity index (χ0n) is 13.3. The number of rotatable bonds is 3. The predicted octanol–water partition coefficient (Wildman–Crippen LogP) is 2.97. The van der Waals surface area contributed by atoms with Gasteiger partial charge in [-0.25, -0.2) is 4.39 Å². The topological polar surface area (TPSA) is 69.9 Å². The molecule has 1 saturated heterocycles. The molecule has 1 unspecified atom stereocenters. The minimum Gasteiger partial charge on any atom is -0.368 e. The Labute approximate surface area is 143 Å². The Morgan fingerprint density at radius 2 is 1.88 bits per heavy atom. The fraction of sp³-hybridized carbons (Fsp3) is 0.222. The van der Waals surface area contributed by atoms with Crippen LogP contribution in [-0.4, -0.2) is 38.6 Å². The number of ether oxygens (including phenoxy) is 1. The minimum absolute atomic E-state index is 0.245. The van der Waals surface area contributed by atoms with Crippen LogP contribution in [0.4, 0.5) is 4.39 Å². The van der Waals surface area contributed by atoms with Crippen LogP contribution in [0, 0.1) is 5.82 Å². The Morgan fingerprint density at radius 1 is 1.12 bits per heavy atom. The molecule has 1 aliphatic heterocycles. The van der Waals surface area contributed by atoms with Crippen molar-refractivity contribution in [1.82, 2.24) is 20.0 Å². The normalized spacial score (nSPS) is 16.9. The molecular formula is C18H15FN4O2. The van der Waals surface area contributed by atoms with Gasteiger partial charge in [-0.1, -0.05) is 5.21 Å². The molecule has 6 nitrogen and oxygen atoms in total. The molecule has 0 radical (unpaired) electrons. The van der Waals surface area contributed by atoms with E-state index in [1.165, 1.54) is 16.8 Å². The summed E-state index contributed by atoms with van der Waals surface area (Å²) in [6.45, 7) is 0.570. The molecular weight excluding hydrogens is 323 g/mol. The van der Waals surface area contributed by atoms with E-state index in [4.69, 9.17) is 4.74 Å². The van der Waals surface area contributed by atoms with Crippen LogP contribution in [0.5, 0.6) is 0 Å². The van der Waals surface area contributed by atoms with Crippen molar-refractivity contribution in [2.45, 2.75) is 18.9 Å². The maximum absolute atomic E-state index is 13.2. The lowest BCUT2D eigenvalue weighted by Gasteiger charge is -2.11. The molecule has 1 fully saturated rings. The maximum Gasteiger partial charge on any atom is 0.277 e. The lowest BCUT2D eigenvalue weighted by atomic mass is 10.1. The van der Waals surface area contributed by atoms with E-state index in [1.54, 1.807) is 36.7 Å². The fourth-order valence-corrected chi connectivity index (χ4v) is 2.92. The third-order valence-electron chi connectivity index (χ3n) is 4.16. The third kappa shape index (κ3) is 2.94. The number of pyridine rings is 1. The summed E-state index contributed by atoms with van der Waals surface area (Å²) >= 11 is 0. The first-order valence-corrected chi connectivity index (χ1v) is 8.02. The summed E-state index contributed by atoms with van der Waals surface area (Å²) in [6, 6.07) is 9.50. The molecule has 3 aromatic rings. The Balaban J connectivity index is 1.85. The van der Waals surface area contributed by atoms with Crippen LogP contribution in [-0.2, 0) is 4.74 Å². The molecule has 25 heavy (non-hydrogen) atoms. The number of halogens is 1. The van der Waals surface area contributed by atoms with Crippen LogP contribution in [0.1, 0.15) is 17.6 Å². The van der Waals surface area contributed by atoms with E-state index in [1.807, 2.05) is 0 Å². The number of hydrogen-bond donors (Lipinski definition) is 0. The summed E-state index contributed by atoms with van der Waals surface area (Å²) in [7, 11) is 0. The number of carbonyl (C=O) groups is 1. The van der Waals surface area contributed by atoms with Crippen molar-refractivity contribution in [2.75, 3.05) is 6.61 Å². The lowest BCUT2D eigenvalue weighted by molar-refractivity contribution is 0.0538. The van der Waals surface area contributed by atoms with Crippen LogP contribution < -0.4 is 0 Å². The number of nitrogens with zero attached hydrogens (tertiary/aromatic N) is 4. The van der Waals surface area contributed by atoms with Gasteiger partial charge < -0.3 is 4.74 Å². The van der Waals surface area contributed by atoms with Crippen molar-refractivity contribution in [2.24, 2.45) is 0 Å². The van der Waals surface area contributed by atoms with Crippen molar-refractivity contribution in [3.05, 3.63) is 54.6 Å². The fourth-order valence-electron chi connectivity index (χ4n) is 2.92. The highest BCUT2D eigenvalue weighted by molar-refractivity contribution is 5.90. The minimum atomic E-state index is -0.511. The summed E-state index contributed by atoms with van der Waals surface area (Å²) in [6.07, 6.45) is 4.28. The van der Waals surface area contributed by atoms with Gasteiger partial charge in [-0.2, -0.15) is 4.68 Å². The first kappa shape index (κ1) is 15.6. The highest BCUT2D eigenvalue weighted by atomic mass is 19.1. The molecule has 1 aliphatic rings. The summed E-state index contributed by atoms with van der Waals surface area (Å²) in [5.74, 6) is -0.581. The molecule has 0 aliphatic carbocycles. The SMILES string of the molecule is O=C(C1CCCO1)n1nnc(-c2ccc(F)cc2)c1-c1ccncc1. The standard InChI is InChI=1S/C18H15FN4O2/c19-14-5-3-12(4-6-14)16-17(13-7-9-20-10-8-13)23(22-21-16)18(24)15-2-1-11-25-15/h3-10,15H,1-2,11H2. The van der Waals surface area contributed by atoms with Crippen LogP contribution in [0.2, 0.25) is 0 Å². The van der Waals surface area contributed by atoms with Gasteiger partial charge in [-0.05, 0) is 49.2 Å². The molecule has 126 valence electrons. The first-order valence-electron chi connectivity index (χ1n) is 8.02. The smallest absolute Gasteiger partial charge is 0.277 e. The second-order valence-electron chi connectivity index (χ2n) is 5.78. The van der Waals surface area contributed by atoms with Crippen LogP contribution >= 0.6 is 0 Å². The van der Waals surface area contributed by atoms with Gasteiger partial charge in [0.1, 0.15) is 23.3 Å². The Bertz CT molecular complexity index is 887. The van der Waals surface area contributed by atoms with Crippen molar-refractivity contribution in [3.63, 3.8) is 0 Å². The highest BCUT2D eigenvalue weighted by Gasteiger charge is 2.29. The quantitative estimate of drug-likeness (QED) is 0.734. The van der Waals surface area contributed by atoms with Crippen LogP contribution in [0.15, 0.2) is 48.8 Å². The zero-order chi connectivity index (χ0) is 17.2. The van der Waals surface area contributed by atoms with Crippen molar-refractivity contribution < 1.29 is 13.9 Å². The van der Waals surface area contributed by atoms with Gasteiger partial charge in [-0.3, -0.25) is 9.78 Å². The molecule has 7 heteroatoms. The Morgan fingerprint density at radius 3 is 2.56 bits per heavy atom. The van der Waals surface area contributed by atoms with E-state index in [-0.39, 0.29) is 11.7 Å². The number of aromatic nitrogens is 4. The molecule has 3 heterocycles. The lowest BCUT2D eigenvalue weighted by Crippen LogP contribution is -2.27. The summed E-state index contributed by atoms with van der Waals surface area (Å²) in [5.41, 5.74) is 2.50. The van der Waals surface area contributed by atoms with Gasteiger partial charge in [0.15, 0.2) is 0 Å². The van der Waals surface area contributed by atoms with E-state index >= 15 is 0 Å². The highest BCUT2D eigenvalue weighted by Crippen LogP contribution is 2.31. The van der Waals surface area contributed by atoms with Crippen molar-refractivity contribution in [3.8, 4) is 22.5 Å². The van der Waals surface area contributed by atoms with Gasteiger partial charge in [0, 0.05) is 30.1 Å². The van der Waals surface area contributed by atoms with E-state index in [0.29, 0.717) is 30.0 Å². The van der Waals surface area contributed by atoms with E-state index in [9.17, 15) is 9.18 Å². The molecule has 0 saturated carbocycles. The zero-order valence-corrected chi connectivity index (χ0v) is 13.3. The van der Waals surface area contributed by atoms with Crippen molar-refractivity contribution >= 4 is 5.91 Å². The summed E-state index contributed by atoms with van der Waals surface area (Å²) in [4.78, 5) is 16.8. The van der Waals surface area contributed by atoms with Crippen LogP contribution in [0.25, 0.3) is 22.5 Å². The van der Waals surface area contributed by atoms with Gasteiger partial charge in [0.2, 0.25) is 0 Å². The second-order valence-corrected chi connectivity index (χ2v) is 5.78. The average molecular weight is 338 g/mol. The Kier molecular flexibility index (Phi) is 4.07. The molecule has 1 atom stereocenters. The van der Waals surface area contributed by atoms with Gasteiger partial charge in [0.25, 0.3) is 5.91 Å². The average Bonchev–Trinajstić information content (AvgIpc) is 3.32. The molecule has 0 amide bonds.